The van der Waals surface area contributed by atoms with Crippen LogP contribution in [-0.2, 0) is 16.1 Å². The van der Waals surface area contributed by atoms with E-state index in [1.165, 1.54) is 0 Å². The second-order valence-corrected chi connectivity index (χ2v) is 4.29. The van der Waals surface area contributed by atoms with Crippen molar-refractivity contribution in [2.75, 3.05) is 32.5 Å². The fourth-order valence-corrected chi connectivity index (χ4v) is 1.55. The highest BCUT2D eigenvalue weighted by molar-refractivity contribution is 5.92. The third-order valence-corrected chi connectivity index (χ3v) is 2.58. The Balaban J connectivity index is 2.43. The van der Waals surface area contributed by atoms with Gasteiger partial charge in [0.25, 0.3) is 0 Å². The lowest BCUT2D eigenvalue weighted by atomic mass is 10.2. The monoisotopic (exact) mass is 264 g/mol. The van der Waals surface area contributed by atoms with Crippen LogP contribution in [-0.4, -0.2) is 43.9 Å². The van der Waals surface area contributed by atoms with Crippen molar-refractivity contribution < 1.29 is 9.59 Å². The summed E-state index contributed by atoms with van der Waals surface area (Å²) in [5.74, 6) is -0.283. The van der Waals surface area contributed by atoms with Crippen LogP contribution < -0.4 is 16.4 Å². The molecule has 0 saturated carbocycles. The molecule has 6 heteroatoms. The molecule has 0 aliphatic rings. The fourth-order valence-electron chi connectivity index (χ4n) is 1.55. The van der Waals surface area contributed by atoms with Crippen molar-refractivity contribution in [1.82, 2.24) is 10.2 Å². The van der Waals surface area contributed by atoms with Gasteiger partial charge in [-0.2, -0.15) is 0 Å². The number of carbonyl (C=O) groups excluding carboxylic acids is 2. The number of nitrogens with zero attached hydrogens (tertiary/aromatic N) is 1. The number of anilines is 1. The average molecular weight is 264 g/mol. The third-order valence-electron chi connectivity index (χ3n) is 2.58. The predicted octanol–water partition coefficient (Wildman–Crippen LogP) is -0.238. The average Bonchev–Trinajstić information content (AvgIpc) is 2.39. The summed E-state index contributed by atoms with van der Waals surface area (Å²) in [6, 6.07) is 7.34. The molecular formula is C13H20N4O2. The largest absolute Gasteiger partial charge is 0.358 e. The summed E-state index contributed by atoms with van der Waals surface area (Å²) in [6.45, 7) is 0.825. The molecule has 0 saturated heterocycles. The van der Waals surface area contributed by atoms with Gasteiger partial charge in [0.15, 0.2) is 0 Å². The van der Waals surface area contributed by atoms with E-state index in [0.717, 1.165) is 11.3 Å². The second-order valence-electron chi connectivity index (χ2n) is 4.29. The van der Waals surface area contributed by atoms with Crippen LogP contribution in [0, 0.1) is 0 Å². The van der Waals surface area contributed by atoms with Crippen molar-refractivity contribution in [3.63, 3.8) is 0 Å². The molecular weight excluding hydrogens is 244 g/mol. The Bertz CT molecular complexity index is 431. The molecule has 0 heterocycles. The van der Waals surface area contributed by atoms with E-state index >= 15 is 0 Å². The maximum Gasteiger partial charge on any atom is 0.238 e. The zero-order chi connectivity index (χ0) is 14.3. The van der Waals surface area contributed by atoms with E-state index in [1.807, 2.05) is 12.1 Å². The second kappa shape index (κ2) is 7.50. The molecule has 19 heavy (non-hydrogen) atoms. The minimum Gasteiger partial charge on any atom is -0.358 e. The van der Waals surface area contributed by atoms with Crippen LogP contribution in [0.4, 0.5) is 5.69 Å². The van der Waals surface area contributed by atoms with Crippen molar-refractivity contribution in [2.24, 2.45) is 5.73 Å². The molecule has 1 aromatic carbocycles. The smallest absolute Gasteiger partial charge is 0.238 e. The Kier molecular flexibility index (Phi) is 5.98. The Morgan fingerprint density at radius 1 is 1.16 bits per heavy atom. The van der Waals surface area contributed by atoms with E-state index in [0.29, 0.717) is 6.54 Å². The maximum absolute atomic E-state index is 11.7. The summed E-state index contributed by atoms with van der Waals surface area (Å²) in [7, 11) is 3.28. The van der Waals surface area contributed by atoms with Crippen molar-refractivity contribution in [2.45, 2.75) is 6.54 Å². The zero-order valence-electron chi connectivity index (χ0n) is 11.3. The van der Waals surface area contributed by atoms with Gasteiger partial charge in [-0.15, -0.1) is 0 Å². The molecule has 104 valence electrons. The van der Waals surface area contributed by atoms with Gasteiger partial charge in [-0.3, -0.25) is 14.5 Å². The Morgan fingerprint density at radius 3 is 2.26 bits per heavy atom. The number of benzene rings is 1. The van der Waals surface area contributed by atoms with Crippen LogP contribution in [0.15, 0.2) is 24.3 Å². The first kappa shape index (κ1) is 15.1. The number of nitrogens with one attached hydrogen (secondary N) is 2. The van der Waals surface area contributed by atoms with Gasteiger partial charge >= 0.3 is 0 Å². The highest BCUT2D eigenvalue weighted by Crippen LogP contribution is 2.08. The van der Waals surface area contributed by atoms with Gasteiger partial charge in [0.05, 0.1) is 13.1 Å². The summed E-state index contributed by atoms with van der Waals surface area (Å²) in [5, 5.41) is 5.27. The van der Waals surface area contributed by atoms with E-state index in [1.54, 1.807) is 31.1 Å². The minimum atomic E-state index is -0.160. The molecule has 0 aliphatic heterocycles. The highest BCUT2D eigenvalue weighted by atomic mass is 16.2. The van der Waals surface area contributed by atoms with E-state index in [9.17, 15) is 9.59 Å². The standard InChI is InChI=1S/C13H20N4O2/c1-15-12(18)8-17(2)9-13(19)16-11-5-3-10(7-14)4-6-11/h3-6H,7-9,14H2,1-2H3,(H,15,18)(H,16,19). The summed E-state index contributed by atoms with van der Waals surface area (Å²) in [5.41, 5.74) is 7.22. The molecule has 1 rings (SSSR count). The van der Waals surface area contributed by atoms with Gasteiger partial charge in [0.1, 0.15) is 0 Å². The van der Waals surface area contributed by atoms with Crippen LogP contribution >= 0.6 is 0 Å². The van der Waals surface area contributed by atoms with Crippen molar-refractivity contribution in [3.8, 4) is 0 Å². The van der Waals surface area contributed by atoms with Crippen LogP contribution in [0.5, 0.6) is 0 Å². The first-order valence-electron chi connectivity index (χ1n) is 6.03. The maximum atomic E-state index is 11.7. The Labute approximate surface area is 113 Å². The number of amides is 2. The number of rotatable bonds is 6. The van der Waals surface area contributed by atoms with Crippen molar-refractivity contribution in [3.05, 3.63) is 29.8 Å². The van der Waals surface area contributed by atoms with E-state index in [-0.39, 0.29) is 24.9 Å². The first-order valence-corrected chi connectivity index (χ1v) is 6.03. The van der Waals surface area contributed by atoms with Crippen LogP contribution in [0.1, 0.15) is 5.56 Å². The molecule has 0 fully saturated rings. The lowest BCUT2D eigenvalue weighted by Gasteiger charge is -2.15. The molecule has 6 nitrogen and oxygen atoms in total. The summed E-state index contributed by atoms with van der Waals surface area (Å²) < 4.78 is 0. The quantitative estimate of drug-likeness (QED) is 0.662. The van der Waals surface area contributed by atoms with Gasteiger partial charge in [-0.05, 0) is 24.7 Å². The van der Waals surface area contributed by atoms with E-state index in [2.05, 4.69) is 10.6 Å². The predicted molar refractivity (Wildman–Crippen MR) is 74.5 cm³/mol. The van der Waals surface area contributed by atoms with Crippen LogP contribution in [0.3, 0.4) is 0 Å². The molecule has 1 aromatic rings. The van der Waals surface area contributed by atoms with E-state index < -0.39 is 0 Å². The lowest BCUT2D eigenvalue weighted by Crippen LogP contribution is -2.37. The van der Waals surface area contributed by atoms with E-state index in [4.69, 9.17) is 5.73 Å². The minimum absolute atomic E-state index is 0.123. The third kappa shape index (κ3) is 5.50. The lowest BCUT2D eigenvalue weighted by molar-refractivity contribution is -0.122. The molecule has 4 N–H and O–H groups in total. The van der Waals surface area contributed by atoms with Gasteiger partial charge in [0, 0.05) is 19.3 Å². The summed E-state index contributed by atoms with van der Waals surface area (Å²) >= 11 is 0. The number of likely N-dealkylation sites (N-methyl/N-ethyl adjacent to an activating group) is 2. The molecule has 0 spiro atoms. The Hall–Kier alpha value is -1.92. The Morgan fingerprint density at radius 2 is 1.74 bits per heavy atom. The highest BCUT2D eigenvalue weighted by Gasteiger charge is 2.09. The summed E-state index contributed by atoms with van der Waals surface area (Å²) in [6.07, 6.45) is 0. The molecule has 0 bridgehead atoms. The first-order chi connectivity index (χ1) is 9.05. The molecule has 0 unspecified atom stereocenters. The molecule has 0 aromatic heterocycles. The van der Waals surface area contributed by atoms with Crippen molar-refractivity contribution in [1.29, 1.82) is 0 Å². The molecule has 0 aliphatic carbocycles. The molecule has 0 atom stereocenters. The molecule has 2 amide bonds. The number of nitrogens with two attached hydrogens (primary N) is 1. The SMILES string of the molecule is CNC(=O)CN(C)CC(=O)Nc1ccc(CN)cc1. The van der Waals surface area contributed by atoms with Crippen LogP contribution in [0.25, 0.3) is 0 Å². The van der Waals surface area contributed by atoms with Gasteiger partial charge in [0.2, 0.25) is 11.8 Å². The normalized spacial score (nSPS) is 10.3. The summed E-state index contributed by atoms with van der Waals surface area (Å²) in [4.78, 5) is 24.5. The molecule has 0 radical (unpaired) electrons. The zero-order valence-corrected chi connectivity index (χ0v) is 11.3. The van der Waals surface area contributed by atoms with Crippen LogP contribution in [0.2, 0.25) is 0 Å². The topological polar surface area (TPSA) is 87.5 Å². The van der Waals surface area contributed by atoms with Gasteiger partial charge < -0.3 is 16.4 Å². The number of carbonyl (C=O) groups is 2. The number of hydrogen-bond donors (Lipinski definition) is 3. The fraction of sp³-hybridized carbons (Fsp3) is 0.385. The number of hydrogen-bond acceptors (Lipinski definition) is 4. The van der Waals surface area contributed by atoms with Gasteiger partial charge in [-0.1, -0.05) is 12.1 Å². The van der Waals surface area contributed by atoms with Crippen molar-refractivity contribution >= 4 is 17.5 Å². The van der Waals surface area contributed by atoms with Gasteiger partial charge in [-0.25, -0.2) is 0 Å².